The molecule has 0 spiro atoms. The maximum absolute atomic E-state index is 5.43. The Morgan fingerprint density at radius 3 is 2.50 bits per heavy atom. The lowest BCUT2D eigenvalue weighted by molar-refractivity contribution is 0.197. The monoisotopic (exact) mass is 503 g/mol. The minimum atomic E-state index is 0. The summed E-state index contributed by atoms with van der Waals surface area (Å²) in [4.78, 5) is 9.18. The van der Waals surface area contributed by atoms with E-state index in [1.165, 1.54) is 18.4 Å². The predicted octanol–water partition coefficient (Wildman–Crippen LogP) is 2.96. The summed E-state index contributed by atoms with van der Waals surface area (Å²) in [5.41, 5.74) is 1.34. The van der Waals surface area contributed by atoms with Crippen molar-refractivity contribution in [1.29, 1.82) is 0 Å². The number of aliphatic imine (C=N–C) groups is 1. The number of ether oxygens (including phenoxy) is 1. The van der Waals surface area contributed by atoms with Gasteiger partial charge >= 0.3 is 0 Å². The third-order valence-electron chi connectivity index (χ3n) is 5.65. The van der Waals surface area contributed by atoms with Crippen molar-refractivity contribution in [1.82, 2.24) is 20.4 Å². The van der Waals surface area contributed by atoms with Crippen LogP contribution in [0.1, 0.15) is 38.3 Å². The van der Waals surface area contributed by atoms with Crippen LogP contribution >= 0.6 is 24.0 Å². The molecule has 1 aliphatic heterocycles. The summed E-state index contributed by atoms with van der Waals surface area (Å²) in [7, 11) is 7.75. The molecule has 1 aromatic rings. The number of rotatable bonds is 8. The molecule has 7 heteroatoms. The first-order chi connectivity index (χ1) is 12.9. The van der Waals surface area contributed by atoms with Gasteiger partial charge in [-0.15, -0.1) is 24.0 Å². The quantitative estimate of drug-likeness (QED) is 0.325. The number of nitrogens with zero attached hydrogens (tertiary/aromatic N) is 3. The van der Waals surface area contributed by atoms with Gasteiger partial charge in [0, 0.05) is 25.7 Å². The molecule has 1 aromatic carbocycles. The van der Waals surface area contributed by atoms with Gasteiger partial charge in [0.2, 0.25) is 0 Å². The van der Waals surface area contributed by atoms with Crippen molar-refractivity contribution >= 4 is 29.9 Å². The molecule has 160 valence electrons. The van der Waals surface area contributed by atoms with Gasteiger partial charge in [0.15, 0.2) is 5.96 Å². The minimum absolute atomic E-state index is 0. The average Bonchev–Trinajstić information content (AvgIpc) is 3.18. The fourth-order valence-corrected chi connectivity index (χ4v) is 3.23. The molecule has 28 heavy (non-hydrogen) atoms. The molecule has 1 unspecified atom stereocenters. The van der Waals surface area contributed by atoms with Crippen molar-refractivity contribution in [3.05, 3.63) is 29.8 Å². The third kappa shape index (κ3) is 7.08. The van der Waals surface area contributed by atoms with Gasteiger partial charge in [-0.2, -0.15) is 0 Å². The van der Waals surface area contributed by atoms with E-state index in [1.807, 2.05) is 13.1 Å². The van der Waals surface area contributed by atoms with E-state index in [4.69, 9.17) is 4.74 Å². The summed E-state index contributed by atoms with van der Waals surface area (Å²) in [5, 5.41) is 7.00. The molecule has 2 N–H and O–H groups in total. The van der Waals surface area contributed by atoms with Gasteiger partial charge in [0.1, 0.15) is 5.75 Å². The highest BCUT2D eigenvalue weighted by Crippen LogP contribution is 2.27. The zero-order chi connectivity index (χ0) is 19.9. The van der Waals surface area contributed by atoms with Crippen LogP contribution in [0.25, 0.3) is 0 Å². The van der Waals surface area contributed by atoms with Crippen molar-refractivity contribution < 1.29 is 4.74 Å². The standard InChI is InChI=1S/C21H37N5O.HI/c1-21(2,25(4)5)16-24-20(22-3)23-15-19(26-12-7-8-13-26)17-10-9-11-18(14-17)27-6;/h9-11,14,19H,7-8,12-13,15-16H2,1-6H3,(H2,22,23,24);1H. The lowest BCUT2D eigenvalue weighted by atomic mass is 10.0. The normalized spacial score (nSPS) is 16.6. The lowest BCUT2D eigenvalue weighted by Gasteiger charge is -2.34. The average molecular weight is 503 g/mol. The second-order valence-corrected chi connectivity index (χ2v) is 8.05. The number of likely N-dealkylation sites (tertiary alicyclic amines) is 1. The number of benzene rings is 1. The van der Waals surface area contributed by atoms with Crippen molar-refractivity contribution in [2.75, 3.05) is 54.4 Å². The molecule has 0 radical (unpaired) electrons. The zero-order valence-electron chi connectivity index (χ0n) is 18.3. The molecule has 2 rings (SSSR count). The maximum Gasteiger partial charge on any atom is 0.191 e. The van der Waals surface area contributed by atoms with Crippen molar-refractivity contribution in [2.45, 2.75) is 38.3 Å². The largest absolute Gasteiger partial charge is 0.497 e. The third-order valence-corrected chi connectivity index (χ3v) is 5.65. The highest BCUT2D eigenvalue weighted by molar-refractivity contribution is 14.0. The van der Waals surface area contributed by atoms with Gasteiger partial charge in [0.25, 0.3) is 0 Å². The molecule has 1 atom stereocenters. The van der Waals surface area contributed by atoms with E-state index in [2.05, 4.69) is 71.6 Å². The molecule has 0 aromatic heterocycles. The van der Waals surface area contributed by atoms with Crippen LogP contribution in [0.15, 0.2) is 29.3 Å². The molecular formula is C21H38IN5O. The first kappa shape index (κ1) is 25.0. The van der Waals surface area contributed by atoms with E-state index in [-0.39, 0.29) is 29.5 Å². The fourth-order valence-electron chi connectivity index (χ4n) is 3.23. The number of guanidine groups is 1. The van der Waals surface area contributed by atoms with E-state index in [9.17, 15) is 0 Å². The molecule has 1 heterocycles. The van der Waals surface area contributed by atoms with Gasteiger partial charge in [-0.25, -0.2) is 0 Å². The first-order valence-corrected chi connectivity index (χ1v) is 9.87. The summed E-state index contributed by atoms with van der Waals surface area (Å²) in [6, 6.07) is 8.73. The summed E-state index contributed by atoms with van der Waals surface area (Å²) >= 11 is 0. The van der Waals surface area contributed by atoms with Crippen LogP contribution < -0.4 is 15.4 Å². The number of nitrogens with one attached hydrogen (secondary N) is 2. The van der Waals surface area contributed by atoms with E-state index in [0.29, 0.717) is 6.04 Å². The number of hydrogen-bond donors (Lipinski definition) is 2. The van der Waals surface area contributed by atoms with Crippen LogP contribution in [0.3, 0.4) is 0 Å². The maximum atomic E-state index is 5.43. The molecule has 0 bridgehead atoms. The molecule has 0 aliphatic carbocycles. The Hall–Kier alpha value is -1.06. The Balaban J connectivity index is 0.00000392. The molecule has 0 amide bonds. The second-order valence-electron chi connectivity index (χ2n) is 8.05. The second kappa shape index (κ2) is 11.8. The molecule has 1 fully saturated rings. The van der Waals surface area contributed by atoms with E-state index in [1.54, 1.807) is 7.11 Å². The van der Waals surface area contributed by atoms with E-state index < -0.39 is 0 Å². The summed E-state index contributed by atoms with van der Waals surface area (Å²) in [5.74, 6) is 1.75. The van der Waals surface area contributed by atoms with Crippen LogP contribution in [-0.2, 0) is 0 Å². The molecule has 0 saturated carbocycles. The summed E-state index contributed by atoms with van der Waals surface area (Å²) in [6.45, 7) is 8.36. The Morgan fingerprint density at radius 2 is 1.93 bits per heavy atom. The molecule has 6 nitrogen and oxygen atoms in total. The topological polar surface area (TPSA) is 52.1 Å². The van der Waals surface area contributed by atoms with Gasteiger partial charge in [-0.3, -0.25) is 9.89 Å². The first-order valence-electron chi connectivity index (χ1n) is 9.87. The van der Waals surface area contributed by atoms with Gasteiger partial charge in [-0.05, 0) is 71.6 Å². The lowest BCUT2D eigenvalue weighted by Crippen LogP contribution is -2.51. The summed E-state index contributed by atoms with van der Waals surface area (Å²) < 4.78 is 5.43. The molecule has 1 aliphatic rings. The number of halogens is 1. The number of methoxy groups -OCH3 is 1. The van der Waals surface area contributed by atoms with Crippen LogP contribution in [0, 0.1) is 0 Å². The van der Waals surface area contributed by atoms with E-state index >= 15 is 0 Å². The van der Waals surface area contributed by atoms with Gasteiger partial charge in [-0.1, -0.05) is 12.1 Å². The molecule has 1 saturated heterocycles. The zero-order valence-corrected chi connectivity index (χ0v) is 20.6. The van der Waals surface area contributed by atoms with Crippen LogP contribution in [0.2, 0.25) is 0 Å². The highest BCUT2D eigenvalue weighted by Gasteiger charge is 2.25. The highest BCUT2D eigenvalue weighted by atomic mass is 127. The van der Waals surface area contributed by atoms with Crippen LogP contribution in [0.4, 0.5) is 0 Å². The Bertz CT molecular complexity index is 615. The van der Waals surface area contributed by atoms with Crippen molar-refractivity contribution in [3.63, 3.8) is 0 Å². The fraction of sp³-hybridized carbons (Fsp3) is 0.667. The molecular weight excluding hydrogens is 465 g/mol. The summed E-state index contributed by atoms with van der Waals surface area (Å²) in [6.07, 6.45) is 2.54. The smallest absolute Gasteiger partial charge is 0.191 e. The SMILES string of the molecule is CN=C(NCC(c1cccc(OC)c1)N1CCCC1)NCC(C)(C)N(C)C.I. The Kier molecular flexibility index (Phi) is 10.5. The van der Waals surface area contributed by atoms with Crippen molar-refractivity contribution in [3.8, 4) is 5.75 Å². The Labute approximate surface area is 188 Å². The van der Waals surface area contributed by atoms with E-state index in [0.717, 1.165) is 37.9 Å². The number of hydrogen-bond acceptors (Lipinski definition) is 4. The van der Waals surface area contributed by atoms with Crippen LogP contribution in [-0.4, -0.2) is 75.7 Å². The van der Waals surface area contributed by atoms with Gasteiger partial charge in [0.05, 0.1) is 13.2 Å². The predicted molar refractivity (Wildman–Crippen MR) is 129 cm³/mol. The number of likely N-dealkylation sites (N-methyl/N-ethyl adjacent to an activating group) is 1. The van der Waals surface area contributed by atoms with Crippen LogP contribution in [0.5, 0.6) is 5.75 Å². The van der Waals surface area contributed by atoms with Crippen molar-refractivity contribution in [2.24, 2.45) is 4.99 Å². The minimum Gasteiger partial charge on any atom is -0.497 e. The Morgan fingerprint density at radius 1 is 1.25 bits per heavy atom. The van der Waals surface area contributed by atoms with Gasteiger partial charge < -0.3 is 20.3 Å².